The fourth-order valence-corrected chi connectivity index (χ4v) is 2.49. The molecule has 0 saturated heterocycles. The SMILES string of the molecule is CS(=O)(=O)Nc1ccc(NC(=O)COc2ccc(C(F)(F)F)cc2)cc1. The van der Waals surface area contributed by atoms with Crippen LogP contribution in [0.15, 0.2) is 48.5 Å². The van der Waals surface area contributed by atoms with Crippen LogP contribution in [0.2, 0.25) is 0 Å². The minimum absolute atomic E-state index is 0.126. The number of hydrogen-bond acceptors (Lipinski definition) is 4. The third kappa shape index (κ3) is 6.28. The summed E-state index contributed by atoms with van der Waals surface area (Å²) in [5, 5.41) is 2.52. The van der Waals surface area contributed by atoms with Gasteiger partial charge in [-0.25, -0.2) is 8.42 Å². The molecular weight excluding hydrogens is 373 g/mol. The minimum Gasteiger partial charge on any atom is -0.484 e. The van der Waals surface area contributed by atoms with E-state index in [0.717, 1.165) is 30.5 Å². The molecule has 0 fully saturated rings. The summed E-state index contributed by atoms with van der Waals surface area (Å²) < 4.78 is 67.0. The van der Waals surface area contributed by atoms with Gasteiger partial charge in [0.2, 0.25) is 10.0 Å². The van der Waals surface area contributed by atoms with Crippen molar-refractivity contribution in [2.45, 2.75) is 6.18 Å². The number of carbonyl (C=O) groups is 1. The molecule has 2 aromatic carbocycles. The Kier molecular flexibility index (Phi) is 5.76. The van der Waals surface area contributed by atoms with E-state index >= 15 is 0 Å². The first kappa shape index (κ1) is 19.6. The maximum Gasteiger partial charge on any atom is 0.416 e. The number of amides is 1. The summed E-state index contributed by atoms with van der Waals surface area (Å²) in [7, 11) is -3.39. The smallest absolute Gasteiger partial charge is 0.416 e. The maximum absolute atomic E-state index is 12.5. The van der Waals surface area contributed by atoms with E-state index in [-0.39, 0.29) is 5.75 Å². The zero-order chi connectivity index (χ0) is 19.4. The molecule has 26 heavy (non-hydrogen) atoms. The van der Waals surface area contributed by atoms with Gasteiger partial charge in [0.15, 0.2) is 6.61 Å². The second kappa shape index (κ2) is 7.65. The number of alkyl halides is 3. The monoisotopic (exact) mass is 388 g/mol. The largest absolute Gasteiger partial charge is 0.484 e. The molecule has 0 aromatic heterocycles. The fraction of sp³-hybridized carbons (Fsp3) is 0.188. The van der Waals surface area contributed by atoms with Crippen LogP contribution in [-0.2, 0) is 21.0 Å². The number of ether oxygens (including phenoxy) is 1. The number of anilines is 2. The molecular formula is C16H15F3N2O4S. The zero-order valence-corrected chi connectivity index (χ0v) is 14.3. The molecule has 1 amide bonds. The fourth-order valence-electron chi connectivity index (χ4n) is 1.92. The Morgan fingerprint density at radius 2 is 1.54 bits per heavy atom. The van der Waals surface area contributed by atoms with Crippen molar-refractivity contribution in [3.63, 3.8) is 0 Å². The Balaban J connectivity index is 1.87. The lowest BCUT2D eigenvalue weighted by Gasteiger charge is -2.10. The molecule has 0 radical (unpaired) electrons. The Morgan fingerprint density at radius 1 is 1.00 bits per heavy atom. The highest BCUT2D eigenvalue weighted by Crippen LogP contribution is 2.30. The lowest BCUT2D eigenvalue weighted by Crippen LogP contribution is -2.20. The van der Waals surface area contributed by atoms with Gasteiger partial charge in [-0.2, -0.15) is 13.2 Å². The summed E-state index contributed by atoms with van der Waals surface area (Å²) in [5.74, 6) is -0.394. The zero-order valence-electron chi connectivity index (χ0n) is 13.5. The van der Waals surface area contributed by atoms with Gasteiger partial charge >= 0.3 is 6.18 Å². The van der Waals surface area contributed by atoms with E-state index in [1.807, 2.05) is 0 Å². The van der Waals surface area contributed by atoms with Crippen molar-refractivity contribution in [1.82, 2.24) is 0 Å². The molecule has 0 aliphatic heterocycles. The second-order valence-electron chi connectivity index (χ2n) is 5.31. The van der Waals surface area contributed by atoms with Gasteiger partial charge in [0.1, 0.15) is 5.75 Å². The molecule has 0 bridgehead atoms. The van der Waals surface area contributed by atoms with E-state index in [9.17, 15) is 26.4 Å². The summed E-state index contributed by atoms with van der Waals surface area (Å²) in [6, 6.07) is 9.89. The van der Waals surface area contributed by atoms with Crippen molar-refractivity contribution in [3.8, 4) is 5.75 Å². The first-order chi connectivity index (χ1) is 12.0. The lowest BCUT2D eigenvalue weighted by atomic mass is 10.2. The highest BCUT2D eigenvalue weighted by molar-refractivity contribution is 7.92. The van der Waals surface area contributed by atoms with Gasteiger partial charge in [0.25, 0.3) is 5.91 Å². The molecule has 2 aromatic rings. The van der Waals surface area contributed by atoms with Crippen molar-refractivity contribution in [1.29, 1.82) is 0 Å². The molecule has 0 aliphatic carbocycles. The van der Waals surface area contributed by atoms with Gasteiger partial charge in [-0.3, -0.25) is 9.52 Å². The van der Waals surface area contributed by atoms with Crippen LogP contribution in [0.1, 0.15) is 5.56 Å². The van der Waals surface area contributed by atoms with Crippen LogP contribution in [0.5, 0.6) is 5.75 Å². The van der Waals surface area contributed by atoms with Gasteiger partial charge in [-0.05, 0) is 48.5 Å². The van der Waals surface area contributed by atoms with E-state index in [1.165, 1.54) is 24.3 Å². The second-order valence-corrected chi connectivity index (χ2v) is 7.06. The number of rotatable bonds is 6. The molecule has 0 spiro atoms. The Labute approximate surface area is 148 Å². The third-order valence-corrected chi connectivity index (χ3v) is 3.63. The predicted octanol–water partition coefficient (Wildman–Crippen LogP) is 3.09. The van der Waals surface area contributed by atoms with Crippen molar-refractivity contribution in [2.75, 3.05) is 22.9 Å². The van der Waals surface area contributed by atoms with Gasteiger partial charge in [0.05, 0.1) is 11.8 Å². The molecule has 6 nitrogen and oxygen atoms in total. The Morgan fingerprint density at radius 3 is 2.04 bits per heavy atom. The van der Waals surface area contributed by atoms with E-state index < -0.39 is 34.3 Å². The van der Waals surface area contributed by atoms with Crippen molar-refractivity contribution < 1.29 is 31.1 Å². The van der Waals surface area contributed by atoms with Crippen LogP contribution in [0.3, 0.4) is 0 Å². The number of nitrogens with one attached hydrogen (secondary N) is 2. The third-order valence-electron chi connectivity index (χ3n) is 3.02. The summed E-state index contributed by atoms with van der Waals surface area (Å²) in [5.41, 5.74) is -0.0614. The highest BCUT2D eigenvalue weighted by Gasteiger charge is 2.30. The first-order valence-electron chi connectivity index (χ1n) is 7.21. The highest BCUT2D eigenvalue weighted by atomic mass is 32.2. The van der Waals surface area contributed by atoms with Gasteiger partial charge in [0, 0.05) is 11.4 Å². The number of benzene rings is 2. The molecule has 0 saturated carbocycles. The summed E-state index contributed by atoms with van der Waals surface area (Å²) >= 11 is 0. The van der Waals surface area contributed by atoms with Crippen LogP contribution in [0.25, 0.3) is 0 Å². The quantitative estimate of drug-likeness (QED) is 0.797. The van der Waals surface area contributed by atoms with Crippen LogP contribution in [0, 0.1) is 0 Å². The molecule has 140 valence electrons. The molecule has 2 N–H and O–H groups in total. The summed E-state index contributed by atoms with van der Waals surface area (Å²) in [4.78, 5) is 11.8. The molecule has 0 aliphatic rings. The topological polar surface area (TPSA) is 84.5 Å². The predicted molar refractivity (Wildman–Crippen MR) is 90.5 cm³/mol. The van der Waals surface area contributed by atoms with Crippen LogP contribution in [-0.4, -0.2) is 27.2 Å². The van der Waals surface area contributed by atoms with Gasteiger partial charge in [-0.1, -0.05) is 0 Å². The molecule has 0 atom stereocenters. The average molecular weight is 388 g/mol. The molecule has 0 unspecified atom stereocenters. The molecule has 0 heterocycles. The van der Waals surface area contributed by atoms with Crippen LogP contribution < -0.4 is 14.8 Å². The summed E-state index contributed by atoms with van der Waals surface area (Å²) in [6.07, 6.45) is -3.42. The molecule has 2 rings (SSSR count). The standard InChI is InChI=1S/C16H15F3N2O4S/c1-26(23,24)21-13-6-4-12(5-7-13)20-15(22)10-25-14-8-2-11(3-9-14)16(17,18)19/h2-9,21H,10H2,1H3,(H,20,22). The van der Waals surface area contributed by atoms with E-state index in [1.54, 1.807) is 0 Å². The van der Waals surface area contributed by atoms with E-state index in [0.29, 0.717) is 11.4 Å². The van der Waals surface area contributed by atoms with Crippen LogP contribution >= 0.6 is 0 Å². The lowest BCUT2D eigenvalue weighted by molar-refractivity contribution is -0.137. The molecule has 10 heteroatoms. The van der Waals surface area contributed by atoms with Gasteiger partial charge < -0.3 is 10.1 Å². The number of carbonyl (C=O) groups excluding carboxylic acids is 1. The Bertz CT molecular complexity index is 864. The van der Waals surface area contributed by atoms with Gasteiger partial charge in [-0.15, -0.1) is 0 Å². The van der Waals surface area contributed by atoms with Crippen molar-refractivity contribution >= 4 is 27.3 Å². The van der Waals surface area contributed by atoms with Crippen molar-refractivity contribution in [2.24, 2.45) is 0 Å². The number of sulfonamides is 1. The number of hydrogen-bond donors (Lipinski definition) is 2. The normalized spacial score (nSPS) is 11.7. The summed E-state index contributed by atoms with van der Waals surface area (Å²) in [6.45, 7) is -0.394. The van der Waals surface area contributed by atoms with E-state index in [4.69, 9.17) is 4.74 Å². The minimum atomic E-state index is -4.44. The average Bonchev–Trinajstić information content (AvgIpc) is 2.53. The Hall–Kier alpha value is -2.75. The van der Waals surface area contributed by atoms with E-state index in [2.05, 4.69) is 10.0 Å². The van der Waals surface area contributed by atoms with Crippen LogP contribution in [0.4, 0.5) is 24.5 Å². The van der Waals surface area contributed by atoms with Crippen molar-refractivity contribution in [3.05, 3.63) is 54.1 Å². The first-order valence-corrected chi connectivity index (χ1v) is 9.10. The number of halogens is 3. The maximum atomic E-state index is 12.5.